The van der Waals surface area contributed by atoms with Gasteiger partial charge in [0.1, 0.15) is 19.3 Å². The van der Waals surface area contributed by atoms with E-state index in [-0.39, 0.29) is 25.7 Å². The van der Waals surface area contributed by atoms with Crippen LogP contribution in [-0.4, -0.2) is 96.7 Å². The molecule has 0 aliphatic rings. The summed E-state index contributed by atoms with van der Waals surface area (Å²) >= 11 is 0. The predicted molar refractivity (Wildman–Crippen MR) is 427 cm³/mol. The standard InChI is InChI=1S/C85H140O17P2/c1-5-9-13-17-21-25-29-33-36-38-39-41-44-47-50-54-58-62-66-70-83(88)96-76-81(102-85(90)72-68-64-60-56-52-48-42-35-31-27-23-19-15-11-7-3)78-100-104(93,94)98-74-79(86)73-97-103(91,92)99-77-80(101-84(89)71-67-63-59-55-51-45-32-28-24-20-16-12-8-4)75-95-82(87)69-65-61-57-53-49-46-43-40-37-34-30-26-22-18-14-10-6-2/h9-10,13-14,16,20-23,25-28,32-37,39,41-43,46-47,50,79-81,86H,5-8,11-12,15,17-19,24,29-31,38,40,44-45,48-49,51-78H2,1-4H3,(H,91,92)(H,93,94)/b13-9-,14-10-,20-16-,25-21-,26-22-,27-23-,32-28-,36-33-,37-34-,41-39-,42-35-,46-43-,50-47-. The molecule has 0 bridgehead atoms. The predicted octanol–water partition coefficient (Wildman–Crippen LogP) is 23.2. The molecule has 0 radical (unpaired) electrons. The number of carbonyl (C=O) groups is 4. The largest absolute Gasteiger partial charge is 0.472 e. The number of hydrogen-bond acceptors (Lipinski definition) is 15. The second-order valence-electron chi connectivity index (χ2n) is 25.9. The molecule has 0 aliphatic carbocycles. The van der Waals surface area contributed by atoms with Crippen molar-refractivity contribution in [3.05, 3.63) is 158 Å². The Hall–Kier alpha value is -5.32. The van der Waals surface area contributed by atoms with Crippen LogP contribution in [0, 0.1) is 0 Å². The van der Waals surface area contributed by atoms with E-state index in [1.165, 1.54) is 19.3 Å². The van der Waals surface area contributed by atoms with Crippen LogP contribution >= 0.6 is 15.6 Å². The van der Waals surface area contributed by atoms with Crippen molar-refractivity contribution in [1.29, 1.82) is 0 Å². The monoisotopic (exact) mass is 1490 g/mol. The van der Waals surface area contributed by atoms with Crippen LogP contribution in [0.1, 0.15) is 297 Å². The molecule has 19 heteroatoms. The molecule has 104 heavy (non-hydrogen) atoms. The van der Waals surface area contributed by atoms with Gasteiger partial charge in [0, 0.05) is 25.7 Å². The van der Waals surface area contributed by atoms with Gasteiger partial charge < -0.3 is 33.8 Å². The van der Waals surface area contributed by atoms with Gasteiger partial charge in [-0.05, 0) is 167 Å². The lowest BCUT2D eigenvalue weighted by molar-refractivity contribution is -0.161. The van der Waals surface area contributed by atoms with E-state index in [1.54, 1.807) is 0 Å². The molecule has 0 aromatic heterocycles. The van der Waals surface area contributed by atoms with Crippen molar-refractivity contribution < 1.29 is 80.2 Å². The Labute approximate surface area is 629 Å². The number of phosphoric ester groups is 2. The zero-order chi connectivity index (χ0) is 76.0. The number of allylic oxidation sites excluding steroid dienone is 26. The van der Waals surface area contributed by atoms with Crippen molar-refractivity contribution in [1.82, 2.24) is 0 Å². The van der Waals surface area contributed by atoms with Crippen LogP contribution in [0.3, 0.4) is 0 Å². The fraction of sp³-hybridized carbons (Fsp3) is 0.647. The molecule has 0 heterocycles. The van der Waals surface area contributed by atoms with E-state index in [2.05, 4.69) is 186 Å². The molecule has 592 valence electrons. The zero-order valence-corrected chi connectivity index (χ0v) is 66.4. The lowest BCUT2D eigenvalue weighted by Gasteiger charge is -2.21. The molecule has 0 saturated heterocycles. The number of aliphatic hydroxyl groups is 1. The average Bonchev–Trinajstić information content (AvgIpc) is 0.911. The minimum Gasteiger partial charge on any atom is -0.462 e. The highest BCUT2D eigenvalue weighted by molar-refractivity contribution is 7.47. The fourth-order valence-corrected chi connectivity index (χ4v) is 11.5. The molecule has 17 nitrogen and oxygen atoms in total. The van der Waals surface area contributed by atoms with Gasteiger partial charge in [-0.2, -0.15) is 0 Å². The van der Waals surface area contributed by atoms with E-state index >= 15 is 0 Å². The minimum atomic E-state index is -5.00. The smallest absolute Gasteiger partial charge is 0.462 e. The summed E-state index contributed by atoms with van der Waals surface area (Å²) in [4.78, 5) is 73.0. The van der Waals surface area contributed by atoms with Crippen molar-refractivity contribution in [2.45, 2.75) is 316 Å². The number of ether oxygens (including phenoxy) is 4. The highest BCUT2D eigenvalue weighted by atomic mass is 31.2. The third-order valence-electron chi connectivity index (χ3n) is 15.9. The van der Waals surface area contributed by atoms with Crippen LogP contribution in [0.2, 0.25) is 0 Å². The minimum absolute atomic E-state index is 0.0657. The number of rotatable bonds is 73. The maximum atomic E-state index is 13.1. The van der Waals surface area contributed by atoms with Gasteiger partial charge in [0.05, 0.1) is 26.4 Å². The highest BCUT2D eigenvalue weighted by Gasteiger charge is 2.30. The second-order valence-corrected chi connectivity index (χ2v) is 28.8. The molecule has 0 aromatic rings. The second kappa shape index (κ2) is 75.9. The Bertz CT molecular complexity index is 2590. The third kappa shape index (κ3) is 74.9. The molecule has 0 amide bonds. The number of aliphatic hydroxyl groups excluding tert-OH is 1. The summed E-state index contributed by atoms with van der Waals surface area (Å²) in [5.41, 5.74) is 0. The molecule has 5 unspecified atom stereocenters. The number of esters is 4. The molecular formula is C85H140O17P2. The van der Waals surface area contributed by atoms with Crippen molar-refractivity contribution in [3.63, 3.8) is 0 Å². The molecule has 5 atom stereocenters. The number of hydrogen-bond donors (Lipinski definition) is 3. The van der Waals surface area contributed by atoms with Gasteiger partial charge in [-0.1, -0.05) is 263 Å². The summed E-state index contributed by atoms with van der Waals surface area (Å²) in [6.45, 7) is 4.45. The van der Waals surface area contributed by atoms with Gasteiger partial charge in [0.2, 0.25) is 0 Å². The molecule has 0 spiro atoms. The molecule has 0 aromatic carbocycles. The molecule has 0 aliphatic heterocycles. The summed E-state index contributed by atoms with van der Waals surface area (Å²) in [5, 5.41) is 10.6. The fourth-order valence-electron chi connectivity index (χ4n) is 9.95. The zero-order valence-electron chi connectivity index (χ0n) is 64.6. The third-order valence-corrected chi connectivity index (χ3v) is 17.8. The Kier molecular flexibility index (Phi) is 72.0. The first-order chi connectivity index (χ1) is 50.7. The van der Waals surface area contributed by atoms with Crippen LogP contribution in [0.25, 0.3) is 0 Å². The average molecular weight is 1500 g/mol. The van der Waals surface area contributed by atoms with E-state index in [0.29, 0.717) is 25.7 Å². The van der Waals surface area contributed by atoms with Gasteiger partial charge in [-0.25, -0.2) is 9.13 Å². The van der Waals surface area contributed by atoms with Crippen LogP contribution in [-0.2, 0) is 65.4 Å². The maximum Gasteiger partial charge on any atom is 0.472 e. The van der Waals surface area contributed by atoms with E-state index in [9.17, 15) is 43.2 Å². The van der Waals surface area contributed by atoms with E-state index in [1.807, 2.05) is 0 Å². The molecule has 3 N–H and O–H groups in total. The van der Waals surface area contributed by atoms with Crippen molar-refractivity contribution in [3.8, 4) is 0 Å². The highest BCUT2D eigenvalue weighted by Crippen LogP contribution is 2.45. The molecular weight excluding hydrogens is 1350 g/mol. The quantitative estimate of drug-likeness (QED) is 0.0169. The molecule has 0 rings (SSSR count). The van der Waals surface area contributed by atoms with E-state index in [4.69, 9.17) is 37.0 Å². The van der Waals surface area contributed by atoms with Crippen molar-refractivity contribution >= 4 is 39.5 Å². The number of carbonyl (C=O) groups excluding carboxylic acids is 4. The van der Waals surface area contributed by atoms with Gasteiger partial charge >= 0.3 is 39.5 Å². The van der Waals surface area contributed by atoms with Crippen LogP contribution in [0.5, 0.6) is 0 Å². The first-order valence-corrected chi connectivity index (χ1v) is 42.7. The van der Waals surface area contributed by atoms with Crippen molar-refractivity contribution in [2.75, 3.05) is 39.6 Å². The lowest BCUT2D eigenvalue weighted by Crippen LogP contribution is -2.30. The maximum absolute atomic E-state index is 13.1. The number of phosphoric acid groups is 2. The molecule has 0 saturated carbocycles. The lowest BCUT2D eigenvalue weighted by atomic mass is 10.1. The van der Waals surface area contributed by atoms with Gasteiger partial charge in [0.15, 0.2) is 12.2 Å². The van der Waals surface area contributed by atoms with Gasteiger partial charge in [0.25, 0.3) is 0 Å². The topological polar surface area (TPSA) is 237 Å². The number of unbranched alkanes of at least 4 members (excludes halogenated alkanes) is 21. The summed E-state index contributed by atoms with van der Waals surface area (Å²) < 4.78 is 68.5. The summed E-state index contributed by atoms with van der Waals surface area (Å²) in [5.74, 6) is -2.28. The van der Waals surface area contributed by atoms with E-state index in [0.717, 1.165) is 199 Å². The molecule has 0 fully saturated rings. The normalized spacial score (nSPS) is 14.7. The first kappa shape index (κ1) is 98.7. The Balaban J connectivity index is 5.43. The summed E-state index contributed by atoms with van der Waals surface area (Å²) in [6, 6.07) is 0. The van der Waals surface area contributed by atoms with Crippen LogP contribution < -0.4 is 0 Å². The van der Waals surface area contributed by atoms with Crippen molar-refractivity contribution in [2.24, 2.45) is 0 Å². The van der Waals surface area contributed by atoms with Crippen LogP contribution in [0.15, 0.2) is 158 Å². The SMILES string of the molecule is CC/C=C\C/C=C\C/C=C\C/C=C\C/C=C\CCCCCC(=O)OCC(COP(=O)(O)OCC(O)COP(=O)(O)OCC(COC(=O)CCCCCC/C=C\C/C=C\C/C=C\C/C=C\CC)OC(=O)CCCCCCC/C=C\C/C=C\CCC)OC(=O)CCCCCCC/C=C\C/C=C\CCCCC. The Morgan fingerprint density at radius 1 is 0.279 bits per heavy atom. The van der Waals surface area contributed by atoms with Gasteiger partial charge in [-0.3, -0.25) is 37.3 Å². The first-order valence-electron chi connectivity index (χ1n) is 39.7. The van der Waals surface area contributed by atoms with E-state index < -0.39 is 97.5 Å². The van der Waals surface area contributed by atoms with Gasteiger partial charge in [-0.15, -0.1) is 0 Å². The summed E-state index contributed by atoms with van der Waals surface area (Å²) in [6.07, 6.45) is 87.9. The summed E-state index contributed by atoms with van der Waals surface area (Å²) in [7, 11) is -9.99. The Morgan fingerprint density at radius 2 is 0.519 bits per heavy atom. The Morgan fingerprint density at radius 3 is 0.817 bits per heavy atom. The van der Waals surface area contributed by atoms with Crippen LogP contribution in [0.4, 0.5) is 0 Å².